The van der Waals surface area contributed by atoms with Crippen LogP contribution in [0.3, 0.4) is 0 Å². The number of thiophene rings is 1. The largest absolute Gasteiger partial charge is 0.503 e. The van der Waals surface area contributed by atoms with Gasteiger partial charge in [-0.3, -0.25) is 9.59 Å². The van der Waals surface area contributed by atoms with E-state index in [4.69, 9.17) is 15.0 Å². The highest BCUT2D eigenvalue weighted by Gasteiger charge is 2.28. The Morgan fingerprint density at radius 2 is 1.61 bits per heavy atom. The van der Waals surface area contributed by atoms with Crippen molar-refractivity contribution in [3.05, 3.63) is 51.9 Å². The fraction of sp³-hybridized carbons (Fsp3) is 0.480. The van der Waals surface area contributed by atoms with Crippen molar-refractivity contribution in [3.8, 4) is 0 Å². The molecule has 0 atom stereocenters. The van der Waals surface area contributed by atoms with E-state index in [1.807, 2.05) is 18.2 Å². The molecule has 0 unspecified atom stereocenters. The number of hydrogen-bond acceptors (Lipinski definition) is 4. The van der Waals surface area contributed by atoms with Gasteiger partial charge in [-0.25, -0.2) is 4.79 Å². The molecule has 1 fully saturated rings. The summed E-state index contributed by atoms with van der Waals surface area (Å²) >= 11 is 1.62. The van der Waals surface area contributed by atoms with E-state index in [1.54, 1.807) is 11.3 Å². The fourth-order valence-electron chi connectivity index (χ4n) is 4.53. The van der Waals surface area contributed by atoms with Gasteiger partial charge in [-0.05, 0) is 56.1 Å². The number of amides is 2. The van der Waals surface area contributed by atoms with Gasteiger partial charge in [-0.15, -0.1) is 11.3 Å². The first-order valence-corrected chi connectivity index (χ1v) is 12.5. The lowest BCUT2D eigenvalue weighted by Gasteiger charge is -2.20. The van der Waals surface area contributed by atoms with Crippen molar-refractivity contribution in [2.24, 2.45) is 5.92 Å². The molecule has 4 N–H and O–H groups in total. The molecule has 1 saturated carbocycles. The SMILES string of the molecule is O=C(NCCc1ccccc1)c1c(NC(=O)C2CCCCC2)sc2c1CCCC2.O=C(O)O. The van der Waals surface area contributed by atoms with Crippen LogP contribution >= 0.6 is 11.3 Å². The van der Waals surface area contributed by atoms with Crippen molar-refractivity contribution in [2.45, 2.75) is 64.2 Å². The van der Waals surface area contributed by atoms with Crippen LogP contribution in [0, 0.1) is 5.92 Å². The van der Waals surface area contributed by atoms with Gasteiger partial charge in [0.05, 0.1) is 5.56 Å². The molecule has 0 radical (unpaired) electrons. The normalized spacial score (nSPS) is 15.5. The standard InChI is InChI=1S/C24H30N2O2S.CH2O3/c27-22(18-11-5-2-6-12-18)26-24-21(19-13-7-8-14-20(19)29-24)23(28)25-16-15-17-9-3-1-4-10-17;2-1(3)4/h1,3-4,9-10,18H,2,5-8,11-16H2,(H,25,28)(H,26,27);(H2,2,3,4). The molecule has 2 aromatic rings. The molecule has 0 aliphatic heterocycles. The molecule has 2 aliphatic carbocycles. The van der Waals surface area contributed by atoms with E-state index in [9.17, 15) is 9.59 Å². The molecule has 0 saturated heterocycles. The Bertz CT molecular complexity index is 947. The second-order valence-electron chi connectivity index (χ2n) is 8.51. The van der Waals surface area contributed by atoms with Gasteiger partial charge in [-0.2, -0.15) is 0 Å². The zero-order valence-electron chi connectivity index (χ0n) is 18.8. The zero-order valence-corrected chi connectivity index (χ0v) is 19.6. The first-order chi connectivity index (χ1) is 16.0. The van der Waals surface area contributed by atoms with E-state index in [2.05, 4.69) is 22.8 Å². The average molecular weight is 473 g/mol. The second-order valence-corrected chi connectivity index (χ2v) is 9.62. The summed E-state index contributed by atoms with van der Waals surface area (Å²) in [6, 6.07) is 10.2. The Morgan fingerprint density at radius 1 is 0.939 bits per heavy atom. The monoisotopic (exact) mass is 472 g/mol. The van der Waals surface area contributed by atoms with Crippen LogP contribution in [0.5, 0.6) is 0 Å². The molecule has 0 bridgehead atoms. The lowest BCUT2D eigenvalue weighted by atomic mass is 9.88. The molecule has 1 heterocycles. The first kappa shape index (κ1) is 24.8. The third-order valence-corrected chi connectivity index (χ3v) is 7.36. The molecular formula is C25H32N2O5S. The van der Waals surface area contributed by atoms with Crippen LogP contribution in [0.4, 0.5) is 9.80 Å². The smallest absolute Gasteiger partial charge is 0.450 e. The Balaban J connectivity index is 0.000000709. The quantitative estimate of drug-likeness (QED) is 0.453. The molecule has 7 nitrogen and oxygen atoms in total. The molecule has 0 spiro atoms. The van der Waals surface area contributed by atoms with Crippen LogP contribution in [-0.2, 0) is 24.1 Å². The lowest BCUT2D eigenvalue weighted by Crippen LogP contribution is -2.29. The number of nitrogens with one attached hydrogen (secondary N) is 2. The predicted molar refractivity (Wildman–Crippen MR) is 129 cm³/mol. The van der Waals surface area contributed by atoms with Crippen LogP contribution in [-0.4, -0.2) is 34.7 Å². The Labute approximate surface area is 198 Å². The van der Waals surface area contributed by atoms with Gasteiger partial charge in [0.1, 0.15) is 5.00 Å². The molecule has 8 heteroatoms. The predicted octanol–water partition coefficient (Wildman–Crippen LogP) is 5.34. The minimum absolute atomic E-state index is 0.0423. The summed E-state index contributed by atoms with van der Waals surface area (Å²) in [7, 11) is 0. The van der Waals surface area contributed by atoms with Crippen molar-refractivity contribution in [1.29, 1.82) is 0 Å². The van der Waals surface area contributed by atoms with E-state index in [1.165, 1.54) is 23.3 Å². The van der Waals surface area contributed by atoms with E-state index < -0.39 is 6.16 Å². The van der Waals surface area contributed by atoms with Gasteiger partial charge in [0, 0.05) is 17.3 Å². The van der Waals surface area contributed by atoms with Crippen molar-refractivity contribution in [1.82, 2.24) is 5.32 Å². The second kappa shape index (κ2) is 12.4. The molecular weight excluding hydrogens is 440 g/mol. The highest BCUT2D eigenvalue weighted by Crippen LogP contribution is 2.39. The molecule has 178 valence electrons. The fourth-order valence-corrected chi connectivity index (χ4v) is 5.82. The Kier molecular flexibility index (Phi) is 9.30. The van der Waals surface area contributed by atoms with E-state index in [-0.39, 0.29) is 17.7 Å². The molecule has 1 aromatic heterocycles. The third kappa shape index (κ3) is 7.32. The number of benzene rings is 1. The zero-order chi connectivity index (χ0) is 23.6. The number of carbonyl (C=O) groups excluding carboxylic acids is 2. The summed E-state index contributed by atoms with van der Waals surface area (Å²) in [4.78, 5) is 35.7. The average Bonchev–Trinajstić information content (AvgIpc) is 3.18. The van der Waals surface area contributed by atoms with Gasteiger partial charge >= 0.3 is 6.16 Å². The van der Waals surface area contributed by atoms with Gasteiger partial charge in [0.25, 0.3) is 5.91 Å². The minimum Gasteiger partial charge on any atom is -0.450 e. The maximum absolute atomic E-state index is 13.1. The van der Waals surface area contributed by atoms with Crippen molar-refractivity contribution in [3.63, 3.8) is 0 Å². The van der Waals surface area contributed by atoms with E-state index in [0.29, 0.717) is 6.54 Å². The van der Waals surface area contributed by atoms with Gasteiger partial charge < -0.3 is 20.8 Å². The number of hydrogen-bond donors (Lipinski definition) is 4. The highest BCUT2D eigenvalue weighted by atomic mass is 32.1. The molecule has 33 heavy (non-hydrogen) atoms. The number of aryl methyl sites for hydroxylation is 1. The van der Waals surface area contributed by atoms with E-state index >= 15 is 0 Å². The molecule has 2 amide bonds. The molecule has 4 rings (SSSR count). The number of carbonyl (C=O) groups is 3. The third-order valence-electron chi connectivity index (χ3n) is 6.15. The highest BCUT2D eigenvalue weighted by molar-refractivity contribution is 7.17. The van der Waals surface area contributed by atoms with Gasteiger partial charge in [0.15, 0.2) is 0 Å². The summed E-state index contributed by atoms with van der Waals surface area (Å²) in [5, 5.41) is 21.0. The number of fused-ring (bicyclic) bond motifs is 1. The summed E-state index contributed by atoms with van der Waals surface area (Å²) < 4.78 is 0. The topological polar surface area (TPSA) is 116 Å². The maximum atomic E-state index is 13.1. The van der Waals surface area contributed by atoms with Crippen LogP contribution in [0.25, 0.3) is 0 Å². The van der Waals surface area contributed by atoms with E-state index in [0.717, 1.165) is 67.5 Å². The molecule has 1 aromatic carbocycles. The Hall–Kier alpha value is -2.87. The number of rotatable bonds is 6. The van der Waals surface area contributed by atoms with Gasteiger partial charge in [-0.1, -0.05) is 49.6 Å². The first-order valence-electron chi connectivity index (χ1n) is 11.6. The van der Waals surface area contributed by atoms with Crippen LogP contribution < -0.4 is 10.6 Å². The summed E-state index contributed by atoms with van der Waals surface area (Å²) in [5.41, 5.74) is 3.10. The minimum atomic E-state index is -1.83. The summed E-state index contributed by atoms with van der Waals surface area (Å²) in [5.74, 6) is 0.151. The maximum Gasteiger partial charge on any atom is 0.503 e. The number of carboxylic acid groups (broad SMARTS) is 2. The van der Waals surface area contributed by atoms with Crippen molar-refractivity contribution < 1.29 is 24.6 Å². The Morgan fingerprint density at radius 3 is 2.30 bits per heavy atom. The summed E-state index contributed by atoms with van der Waals surface area (Å²) in [6.07, 6.45) is 8.64. The molecule has 2 aliphatic rings. The van der Waals surface area contributed by atoms with Crippen molar-refractivity contribution in [2.75, 3.05) is 11.9 Å². The van der Waals surface area contributed by atoms with Crippen LogP contribution in [0.1, 0.15) is 71.3 Å². The van der Waals surface area contributed by atoms with Crippen LogP contribution in [0.15, 0.2) is 30.3 Å². The lowest BCUT2D eigenvalue weighted by molar-refractivity contribution is -0.120. The van der Waals surface area contributed by atoms with Gasteiger partial charge in [0.2, 0.25) is 5.91 Å². The number of anilines is 1. The van der Waals surface area contributed by atoms with Crippen molar-refractivity contribution >= 4 is 34.3 Å². The van der Waals surface area contributed by atoms with Crippen LogP contribution in [0.2, 0.25) is 0 Å². The summed E-state index contributed by atoms with van der Waals surface area (Å²) in [6.45, 7) is 0.601.